The quantitative estimate of drug-likeness (QED) is 0.883. The molecule has 5 nitrogen and oxygen atoms in total. The summed E-state index contributed by atoms with van der Waals surface area (Å²) in [6.45, 7) is 3.87. The number of nitrogens with zero attached hydrogens (tertiary/aromatic N) is 1. The second kappa shape index (κ2) is 7.84. The third-order valence-corrected chi connectivity index (χ3v) is 4.22. The van der Waals surface area contributed by atoms with E-state index in [1.807, 2.05) is 56.3 Å². The molecular formula is C19H24N2O3. The Hall–Kier alpha value is -2.53. The number of aliphatic hydroxyl groups is 1. The Kier molecular flexibility index (Phi) is 5.82. The van der Waals surface area contributed by atoms with Gasteiger partial charge in [0.1, 0.15) is 5.75 Å². The van der Waals surface area contributed by atoms with Crippen molar-refractivity contribution in [3.05, 3.63) is 59.2 Å². The molecule has 0 bridgehead atoms. The molecule has 0 heterocycles. The minimum atomic E-state index is -0.428. The van der Waals surface area contributed by atoms with Crippen LogP contribution in [0.4, 0.5) is 10.5 Å². The van der Waals surface area contributed by atoms with Crippen molar-refractivity contribution in [2.24, 2.45) is 0 Å². The normalized spacial score (nSPS) is 11.7. The van der Waals surface area contributed by atoms with Crippen molar-refractivity contribution in [2.45, 2.75) is 19.9 Å². The van der Waals surface area contributed by atoms with Gasteiger partial charge in [-0.15, -0.1) is 0 Å². The topological polar surface area (TPSA) is 61.8 Å². The number of methoxy groups -OCH3 is 1. The first-order valence-electron chi connectivity index (χ1n) is 7.82. The van der Waals surface area contributed by atoms with Crippen molar-refractivity contribution in [2.75, 3.05) is 26.1 Å². The molecule has 0 aliphatic heterocycles. The van der Waals surface area contributed by atoms with Crippen molar-refractivity contribution in [1.82, 2.24) is 4.90 Å². The average molecular weight is 328 g/mol. The van der Waals surface area contributed by atoms with Gasteiger partial charge in [-0.1, -0.05) is 18.2 Å². The summed E-state index contributed by atoms with van der Waals surface area (Å²) in [5.74, 6) is 0.734. The number of benzene rings is 2. The first kappa shape index (κ1) is 17.8. The Morgan fingerprint density at radius 3 is 2.38 bits per heavy atom. The number of rotatable bonds is 5. The fraction of sp³-hybridized carbons (Fsp3) is 0.316. The number of carbonyl (C=O) groups is 1. The molecule has 2 aromatic rings. The van der Waals surface area contributed by atoms with Gasteiger partial charge in [-0.25, -0.2) is 4.79 Å². The van der Waals surface area contributed by atoms with E-state index in [1.54, 1.807) is 14.2 Å². The van der Waals surface area contributed by atoms with Gasteiger partial charge in [-0.3, -0.25) is 0 Å². The number of nitrogens with one attached hydrogen (secondary N) is 1. The molecule has 0 saturated carbocycles. The lowest BCUT2D eigenvalue weighted by molar-refractivity contribution is 0.159. The van der Waals surface area contributed by atoms with E-state index in [9.17, 15) is 9.90 Å². The van der Waals surface area contributed by atoms with Crippen LogP contribution in [0.1, 0.15) is 22.7 Å². The molecule has 0 saturated heterocycles. The number of carbonyl (C=O) groups excluding carboxylic acids is 1. The number of ether oxygens (including phenoxy) is 1. The maximum absolute atomic E-state index is 12.5. The number of likely N-dealkylation sites (N-methyl/N-ethyl adjacent to an activating group) is 1. The monoisotopic (exact) mass is 328 g/mol. The molecular weight excluding hydrogens is 304 g/mol. The average Bonchev–Trinajstić information content (AvgIpc) is 2.59. The molecule has 2 rings (SSSR count). The maximum atomic E-state index is 12.5. The molecule has 0 aromatic heterocycles. The summed E-state index contributed by atoms with van der Waals surface area (Å²) in [6.07, 6.45) is 0. The Morgan fingerprint density at radius 1 is 1.17 bits per heavy atom. The van der Waals surface area contributed by atoms with Crippen LogP contribution in [0.25, 0.3) is 0 Å². The van der Waals surface area contributed by atoms with Crippen LogP contribution in [0, 0.1) is 13.8 Å². The zero-order chi connectivity index (χ0) is 17.7. The van der Waals surface area contributed by atoms with Crippen LogP contribution in [0.15, 0.2) is 42.5 Å². The van der Waals surface area contributed by atoms with Crippen LogP contribution in [0.2, 0.25) is 0 Å². The highest BCUT2D eigenvalue weighted by atomic mass is 16.5. The lowest BCUT2D eigenvalue weighted by atomic mass is 10.1. The summed E-state index contributed by atoms with van der Waals surface area (Å²) in [5, 5.41) is 12.6. The summed E-state index contributed by atoms with van der Waals surface area (Å²) in [5.41, 5.74) is 3.87. The third kappa shape index (κ3) is 4.06. The van der Waals surface area contributed by atoms with E-state index in [4.69, 9.17) is 4.74 Å². The minimum Gasteiger partial charge on any atom is -0.497 e. The van der Waals surface area contributed by atoms with Crippen LogP contribution >= 0.6 is 0 Å². The predicted octanol–water partition coefficient (Wildman–Crippen LogP) is 3.51. The maximum Gasteiger partial charge on any atom is 0.322 e. The van der Waals surface area contributed by atoms with E-state index >= 15 is 0 Å². The number of hydrogen-bond donors (Lipinski definition) is 2. The number of anilines is 1. The molecule has 1 atom stereocenters. The van der Waals surface area contributed by atoms with E-state index < -0.39 is 6.04 Å². The number of aliphatic hydroxyl groups excluding tert-OH is 1. The predicted molar refractivity (Wildman–Crippen MR) is 95.5 cm³/mol. The molecule has 0 radical (unpaired) electrons. The molecule has 128 valence electrons. The van der Waals surface area contributed by atoms with Gasteiger partial charge >= 0.3 is 6.03 Å². The van der Waals surface area contributed by atoms with Crippen LogP contribution in [-0.2, 0) is 0 Å². The molecule has 0 aliphatic carbocycles. The van der Waals surface area contributed by atoms with Gasteiger partial charge in [0.25, 0.3) is 0 Å². The van der Waals surface area contributed by atoms with Crippen LogP contribution in [0.3, 0.4) is 0 Å². The third-order valence-electron chi connectivity index (χ3n) is 4.22. The minimum absolute atomic E-state index is 0.164. The van der Waals surface area contributed by atoms with Gasteiger partial charge in [-0.2, -0.15) is 0 Å². The zero-order valence-corrected chi connectivity index (χ0v) is 14.5. The number of aryl methyl sites for hydroxylation is 2. The summed E-state index contributed by atoms with van der Waals surface area (Å²) in [6, 6.07) is 12.4. The standard InChI is InChI=1S/C19H24N2O3/c1-13-5-8-16(11-14(13)2)20-19(23)21(3)18(12-22)15-6-9-17(24-4)10-7-15/h5-11,18,22H,12H2,1-4H3,(H,20,23). The molecule has 2 N–H and O–H groups in total. The summed E-state index contributed by atoms with van der Waals surface area (Å²) < 4.78 is 5.13. The van der Waals surface area contributed by atoms with E-state index in [2.05, 4.69) is 5.32 Å². The Balaban J connectivity index is 2.12. The molecule has 0 fully saturated rings. The second-order valence-corrected chi connectivity index (χ2v) is 5.81. The molecule has 2 amide bonds. The van der Waals surface area contributed by atoms with Gasteiger partial charge in [0.05, 0.1) is 19.8 Å². The first-order chi connectivity index (χ1) is 11.5. The van der Waals surface area contributed by atoms with Crippen molar-refractivity contribution in [3.63, 3.8) is 0 Å². The van der Waals surface area contributed by atoms with Crippen molar-refractivity contribution < 1.29 is 14.6 Å². The molecule has 1 unspecified atom stereocenters. The fourth-order valence-electron chi connectivity index (χ4n) is 2.45. The Labute approximate surface area is 142 Å². The molecule has 2 aromatic carbocycles. The molecule has 0 spiro atoms. The van der Waals surface area contributed by atoms with Gasteiger partial charge < -0.3 is 20.1 Å². The van der Waals surface area contributed by atoms with Gasteiger partial charge in [0, 0.05) is 12.7 Å². The lowest BCUT2D eigenvalue weighted by Crippen LogP contribution is -2.36. The highest BCUT2D eigenvalue weighted by molar-refractivity contribution is 5.89. The van der Waals surface area contributed by atoms with Gasteiger partial charge in [0.2, 0.25) is 0 Å². The Bertz CT molecular complexity index is 698. The Morgan fingerprint density at radius 2 is 1.83 bits per heavy atom. The van der Waals surface area contributed by atoms with Crippen LogP contribution < -0.4 is 10.1 Å². The molecule has 5 heteroatoms. The van der Waals surface area contributed by atoms with E-state index in [0.29, 0.717) is 0 Å². The highest BCUT2D eigenvalue weighted by Gasteiger charge is 2.21. The van der Waals surface area contributed by atoms with E-state index in [0.717, 1.165) is 22.6 Å². The largest absolute Gasteiger partial charge is 0.497 e. The van der Waals surface area contributed by atoms with Gasteiger partial charge in [-0.05, 0) is 54.8 Å². The first-order valence-corrected chi connectivity index (χ1v) is 7.82. The van der Waals surface area contributed by atoms with Crippen molar-refractivity contribution in [1.29, 1.82) is 0 Å². The number of amides is 2. The highest BCUT2D eigenvalue weighted by Crippen LogP contribution is 2.23. The molecule has 0 aliphatic rings. The van der Waals surface area contributed by atoms with E-state index in [-0.39, 0.29) is 12.6 Å². The fourth-order valence-corrected chi connectivity index (χ4v) is 2.45. The van der Waals surface area contributed by atoms with Crippen molar-refractivity contribution in [3.8, 4) is 5.75 Å². The zero-order valence-electron chi connectivity index (χ0n) is 14.5. The van der Waals surface area contributed by atoms with Gasteiger partial charge in [0.15, 0.2) is 0 Å². The summed E-state index contributed by atoms with van der Waals surface area (Å²) in [7, 11) is 3.27. The number of hydrogen-bond acceptors (Lipinski definition) is 3. The smallest absolute Gasteiger partial charge is 0.322 e. The van der Waals surface area contributed by atoms with E-state index in [1.165, 1.54) is 10.5 Å². The SMILES string of the molecule is COc1ccc(C(CO)N(C)C(=O)Nc2ccc(C)c(C)c2)cc1. The number of urea groups is 1. The second-order valence-electron chi connectivity index (χ2n) is 5.81. The van der Waals surface area contributed by atoms with Crippen LogP contribution in [0.5, 0.6) is 5.75 Å². The van der Waals surface area contributed by atoms with Crippen LogP contribution in [-0.4, -0.2) is 36.8 Å². The summed E-state index contributed by atoms with van der Waals surface area (Å²) in [4.78, 5) is 14.0. The molecule has 24 heavy (non-hydrogen) atoms. The lowest BCUT2D eigenvalue weighted by Gasteiger charge is -2.27. The summed E-state index contributed by atoms with van der Waals surface area (Å²) >= 11 is 0. The van der Waals surface area contributed by atoms with Crippen molar-refractivity contribution >= 4 is 11.7 Å².